The summed E-state index contributed by atoms with van der Waals surface area (Å²) >= 11 is 5.73. The van der Waals surface area contributed by atoms with E-state index < -0.39 is 31.6 Å². The van der Waals surface area contributed by atoms with Gasteiger partial charge in [0.2, 0.25) is 5.91 Å². The Balaban J connectivity index is 2.86. The summed E-state index contributed by atoms with van der Waals surface area (Å²) in [5.74, 6) is -2.79. The molecule has 0 aromatic heterocycles. The molecule has 1 rings (SSSR count). The number of carboxylic acid groups (broad SMARTS) is 1. The number of benzene rings is 1. The molecule has 0 saturated heterocycles. The lowest BCUT2D eigenvalue weighted by atomic mass is 10.0. The van der Waals surface area contributed by atoms with E-state index in [0.29, 0.717) is 10.6 Å². The van der Waals surface area contributed by atoms with Gasteiger partial charge in [0.1, 0.15) is 0 Å². The zero-order valence-electron chi connectivity index (χ0n) is 10.9. The standard InChI is InChI=1S/C12H15ClNO6P/c13-9-3-1-8(2-4-9)10(7-21(18,19)20)12(17)14-6-5-11(15)16/h1-4,10H,5-7H2,(H,14,17)(H,15,16)(H2,18,19,20). The van der Waals surface area contributed by atoms with Crippen LogP contribution in [0.3, 0.4) is 0 Å². The maximum atomic E-state index is 12.0. The summed E-state index contributed by atoms with van der Waals surface area (Å²) in [6.45, 7) is -0.112. The van der Waals surface area contributed by atoms with E-state index in [1.807, 2.05) is 0 Å². The molecule has 0 aliphatic carbocycles. The normalized spacial score (nSPS) is 12.7. The van der Waals surface area contributed by atoms with Gasteiger partial charge in [-0.25, -0.2) is 0 Å². The van der Waals surface area contributed by atoms with Crippen molar-refractivity contribution in [3.8, 4) is 0 Å². The minimum Gasteiger partial charge on any atom is -0.481 e. The molecule has 7 nitrogen and oxygen atoms in total. The summed E-state index contributed by atoms with van der Waals surface area (Å²) in [6, 6.07) is 6.01. The molecule has 0 aliphatic heterocycles. The fourth-order valence-corrected chi connectivity index (χ4v) is 2.67. The third-order valence-corrected chi connectivity index (χ3v) is 3.74. The van der Waals surface area contributed by atoms with Gasteiger partial charge in [0.25, 0.3) is 0 Å². The van der Waals surface area contributed by atoms with Crippen molar-refractivity contribution >= 4 is 31.1 Å². The van der Waals surface area contributed by atoms with Crippen LogP contribution < -0.4 is 5.32 Å². The van der Waals surface area contributed by atoms with Crippen LogP contribution in [0.25, 0.3) is 0 Å². The van der Waals surface area contributed by atoms with Gasteiger partial charge < -0.3 is 20.2 Å². The van der Waals surface area contributed by atoms with Crippen LogP contribution in [0.2, 0.25) is 5.02 Å². The van der Waals surface area contributed by atoms with Crippen LogP contribution >= 0.6 is 19.2 Å². The molecular weight excluding hydrogens is 321 g/mol. The van der Waals surface area contributed by atoms with E-state index in [0.717, 1.165) is 0 Å². The van der Waals surface area contributed by atoms with E-state index in [-0.39, 0.29) is 13.0 Å². The smallest absolute Gasteiger partial charge is 0.326 e. The maximum Gasteiger partial charge on any atom is 0.326 e. The van der Waals surface area contributed by atoms with Crippen molar-refractivity contribution in [2.45, 2.75) is 12.3 Å². The first-order valence-electron chi connectivity index (χ1n) is 5.98. The van der Waals surface area contributed by atoms with Gasteiger partial charge >= 0.3 is 13.6 Å². The Bertz CT molecular complexity index is 555. The van der Waals surface area contributed by atoms with Gasteiger partial charge in [0, 0.05) is 11.6 Å². The number of amides is 1. The number of aliphatic carboxylic acids is 1. The zero-order valence-corrected chi connectivity index (χ0v) is 12.5. The van der Waals surface area contributed by atoms with Crippen LogP contribution in [-0.2, 0) is 14.2 Å². The van der Waals surface area contributed by atoms with Crippen molar-refractivity contribution < 1.29 is 29.0 Å². The Hall–Kier alpha value is -1.40. The number of hydrogen-bond donors (Lipinski definition) is 4. The molecule has 116 valence electrons. The summed E-state index contributed by atoms with van der Waals surface area (Å²) in [7, 11) is -4.41. The van der Waals surface area contributed by atoms with Gasteiger partial charge in [0.15, 0.2) is 0 Å². The second-order valence-corrected chi connectivity index (χ2v) is 6.52. The van der Waals surface area contributed by atoms with Crippen LogP contribution in [-0.4, -0.2) is 39.5 Å². The van der Waals surface area contributed by atoms with E-state index >= 15 is 0 Å². The van der Waals surface area contributed by atoms with Gasteiger partial charge in [-0.3, -0.25) is 14.2 Å². The van der Waals surface area contributed by atoms with Crippen molar-refractivity contribution in [2.24, 2.45) is 0 Å². The van der Waals surface area contributed by atoms with Gasteiger partial charge in [-0.15, -0.1) is 0 Å². The number of halogens is 1. The monoisotopic (exact) mass is 335 g/mol. The van der Waals surface area contributed by atoms with Gasteiger partial charge in [-0.1, -0.05) is 23.7 Å². The molecule has 21 heavy (non-hydrogen) atoms. The second kappa shape index (κ2) is 7.56. The fourth-order valence-electron chi connectivity index (χ4n) is 1.69. The first-order chi connectivity index (χ1) is 9.69. The van der Waals surface area contributed by atoms with E-state index in [1.54, 1.807) is 0 Å². The Morgan fingerprint density at radius 2 is 1.81 bits per heavy atom. The number of hydrogen-bond acceptors (Lipinski definition) is 3. The van der Waals surface area contributed by atoms with Crippen molar-refractivity contribution in [1.29, 1.82) is 0 Å². The molecule has 4 N–H and O–H groups in total. The molecule has 0 spiro atoms. The number of carbonyl (C=O) groups excluding carboxylic acids is 1. The molecule has 0 aliphatic rings. The highest BCUT2D eigenvalue weighted by Gasteiger charge is 2.28. The number of carboxylic acids is 1. The maximum absolute atomic E-state index is 12.0. The topological polar surface area (TPSA) is 124 Å². The third kappa shape index (κ3) is 6.73. The summed E-state index contributed by atoms with van der Waals surface area (Å²) in [4.78, 5) is 40.6. The Morgan fingerprint density at radius 1 is 1.24 bits per heavy atom. The second-order valence-electron chi connectivity index (χ2n) is 4.39. The average molecular weight is 336 g/mol. The van der Waals surface area contributed by atoms with E-state index in [9.17, 15) is 14.2 Å². The van der Waals surface area contributed by atoms with E-state index in [2.05, 4.69) is 5.32 Å². The predicted molar refractivity (Wildman–Crippen MR) is 76.4 cm³/mol. The van der Waals surface area contributed by atoms with Crippen molar-refractivity contribution in [2.75, 3.05) is 12.7 Å². The summed E-state index contributed by atoms with van der Waals surface area (Å²) in [5, 5.41) is 11.3. The van der Waals surface area contributed by atoms with E-state index in [1.165, 1.54) is 24.3 Å². The Kier molecular flexibility index (Phi) is 6.36. The zero-order chi connectivity index (χ0) is 16.0. The molecule has 1 unspecified atom stereocenters. The van der Waals surface area contributed by atoms with Crippen LogP contribution in [0.1, 0.15) is 17.9 Å². The quantitative estimate of drug-likeness (QED) is 0.555. The van der Waals surface area contributed by atoms with Crippen LogP contribution in [0, 0.1) is 0 Å². The molecular formula is C12H15ClNO6P. The lowest BCUT2D eigenvalue weighted by Gasteiger charge is -2.17. The molecule has 9 heteroatoms. The summed E-state index contributed by atoms with van der Waals surface area (Å²) < 4.78 is 11.2. The molecule has 0 saturated carbocycles. The Labute approximate surface area is 126 Å². The summed E-state index contributed by atoms with van der Waals surface area (Å²) in [5.41, 5.74) is 0.399. The number of nitrogens with one attached hydrogen (secondary N) is 1. The molecule has 1 amide bonds. The molecule has 0 fully saturated rings. The minimum atomic E-state index is -4.41. The summed E-state index contributed by atoms with van der Waals surface area (Å²) in [6.07, 6.45) is -0.928. The predicted octanol–water partition coefficient (Wildman–Crippen LogP) is 1.19. The molecule has 0 heterocycles. The highest BCUT2D eigenvalue weighted by molar-refractivity contribution is 7.51. The van der Waals surface area contributed by atoms with Crippen molar-refractivity contribution in [3.05, 3.63) is 34.9 Å². The fraction of sp³-hybridized carbons (Fsp3) is 0.333. The molecule has 0 radical (unpaired) electrons. The van der Waals surface area contributed by atoms with E-state index in [4.69, 9.17) is 26.5 Å². The largest absolute Gasteiger partial charge is 0.481 e. The van der Waals surface area contributed by atoms with Gasteiger partial charge in [-0.2, -0.15) is 0 Å². The molecule has 0 bridgehead atoms. The SMILES string of the molecule is O=C(O)CCNC(=O)C(CP(=O)(O)O)c1ccc(Cl)cc1. The van der Waals surface area contributed by atoms with Crippen LogP contribution in [0.4, 0.5) is 0 Å². The van der Waals surface area contributed by atoms with Crippen molar-refractivity contribution in [1.82, 2.24) is 5.32 Å². The highest BCUT2D eigenvalue weighted by Crippen LogP contribution is 2.40. The lowest BCUT2D eigenvalue weighted by Crippen LogP contribution is -2.32. The van der Waals surface area contributed by atoms with Gasteiger partial charge in [-0.05, 0) is 17.7 Å². The molecule has 1 atom stereocenters. The molecule has 1 aromatic carbocycles. The molecule has 1 aromatic rings. The van der Waals surface area contributed by atoms with Crippen molar-refractivity contribution in [3.63, 3.8) is 0 Å². The number of rotatable bonds is 7. The van der Waals surface area contributed by atoms with Gasteiger partial charge in [0.05, 0.1) is 18.5 Å². The third-order valence-electron chi connectivity index (χ3n) is 2.65. The average Bonchev–Trinajstić information content (AvgIpc) is 2.35. The van der Waals surface area contributed by atoms with Crippen LogP contribution in [0.5, 0.6) is 0 Å². The minimum absolute atomic E-state index is 0.112. The first-order valence-corrected chi connectivity index (χ1v) is 8.16. The Morgan fingerprint density at radius 3 is 2.29 bits per heavy atom. The van der Waals surface area contributed by atoms with Crippen LogP contribution in [0.15, 0.2) is 24.3 Å². The highest BCUT2D eigenvalue weighted by atomic mass is 35.5. The first kappa shape index (κ1) is 17.7. The lowest BCUT2D eigenvalue weighted by molar-refractivity contribution is -0.136. The number of carbonyl (C=O) groups is 2.